The van der Waals surface area contributed by atoms with Gasteiger partial charge in [0.05, 0.1) is 18.8 Å². The highest BCUT2D eigenvalue weighted by Gasteiger charge is 2.47. The molecule has 3 N–H and O–H groups in total. The second-order valence-electron chi connectivity index (χ2n) is 8.77. The van der Waals surface area contributed by atoms with Gasteiger partial charge in [0.2, 0.25) is 0 Å². The number of rotatable bonds is 5. The molecule has 1 fully saturated rings. The fourth-order valence-electron chi connectivity index (χ4n) is 4.78. The van der Waals surface area contributed by atoms with Gasteiger partial charge in [0.1, 0.15) is 22.9 Å². The van der Waals surface area contributed by atoms with Gasteiger partial charge in [-0.05, 0) is 12.1 Å². The SMILES string of the molecule is Nc1nccn2c(C3=C4CC(CO)(C4)OC3)nc(-c3ccc(C(F)(F)c4cccnc4)cc3)c12. The monoisotopic (exact) mass is 461 g/mol. The van der Waals surface area contributed by atoms with E-state index in [1.54, 1.807) is 24.5 Å². The van der Waals surface area contributed by atoms with E-state index in [0.29, 0.717) is 47.9 Å². The summed E-state index contributed by atoms with van der Waals surface area (Å²) in [4.78, 5) is 12.9. The Labute approximate surface area is 193 Å². The van der Waals surface area contributed by atoms with E-state index in [0.717, 1.165) is 5.57 Å². The molecule has 0 atom stereocenters. The van der Waals surface area contributed by atoms with Crippen LogP contribution in [0.1, 0.15) is 29.8 Å². The van der Waals surface area contributed by atoms with Crippen LogP contribution in [0, 0.1) is 0 Å². The quantitative estimate of drug-likeness (QED) is 0.469. The van der Waals surface area contributed by atoms with Crippen LogP contribution < -0.4 is 5.73 Å². The van der Waals surface area contributed by atoms with Crippen LogP contribution in [0.3, 0.4) is 0 Å². The number of nitrogens with two attached hydrogens (primary N) is 1. The van der Waals surface area contributed by atoms with Gasteiger partial charge in [-0.25, -0.2) is 9.97 Å². The fourth-order valence-corrected chi connectivity index (χ4v) is 4.78. The van der Waals surface area contributed by atoms with Crippen LogP contribution in [-0.2, 0) is 10.7 Å². The fraction of sp³-hybridized carbons (Fsp3) is 0.240. The summed E-state index contributed by atoms with van der Waals surface area (Å²) in [6.07, 6.45) is 7.35. The third kappa shape index (κ3) is 3.04. The summed E-state index contributed by atoms with van der Waals surface area (Å²) < 4.78 is 37.7. The standard InChI is InChI=1S/C25H21F2N5O2/c26-25(27,18-2-1-7-29-12-18)17-5-3-15(4-6-17)20-21-22(28)30-8-9-32(21)23(31-20)19-13-34-24(14-33)10-16(19)11-24/h1-9,12,33H,10-11,13-14H2,(H2,28,30). The smallest absolute Gasteiger partial charge is 0.299 e. The number of ether oxygens (including phenoxy) is 1. The number of pyridine rings is 1. The topological polar surface area (TPSA) is 98.6 Å². The van der Waals surface area contributed by atoms with Gasteiger partial charge >= 0.3 is 0 Å². The average molecular weight is 461 g/mol. The first kappa shape index (κ1) is 20.9. The Balaban J connectivity index is 1.43. The largest absolute Gasteiger partial charge is 0.393 e. The minimum atomic E-state index is -3.18. The Morgan fingerprint density at radius 2 is 1.91 bits per heavy atom. The van der Waals surface area contributed by atoms with E-state index in [4.69, 9.17) is 15.5 Å². The van der Waals surface area contributed by atoms with Crippen LogP contribution in [0.25, 0.3) is 22.3 Å². The lowest BCUT2D eigenvalue weighted by Crippen LogP contribution is -2.49. The lowest BCUT2D eigenvalue weighted by Gasteiger charge is -2.47. The van der Waals surface area contributed by atoms with Crippen molar-refractivity contribution in [3.63, 3.8) is 0 Å². The average Bonchev–Trinajstić information content (AvgIpc) is 3.25. The Hall–Kier alpha value is -3.69. The Bertz CT molecular complexity index is 1420. The zero-order valence-corrected chi connectivity index (χ0v) is 18.1. The molecule has 7 nitrogen and oxygen atoms in total. The summed E-state index contributed by atoms with van der Waals surface area (Å²) >= 11 is 0. The maximum Gasteiger partial charge on any atom is 0.299 e. The summed E-state index contributed by atoms with van der Waals surface area (Å²) in [5, 5.41) is 9.61. The number of aromatic nitrogens is 4. The van der Waals surface area contributed by atoms with E-state index in [1.165, 1.54) is 42.2 Å². The molecule has 34 heavy (non-hydrogen) atoms. The van der Waals surface area contributed by atoms with Crippen molar-refractivity contribution < 1.29 is 18.6 Å². The molecule has 4 aromatic rings. The van der Waals surface area contributed by atoms with Crippen molar-refractivity contribution in [3.8, 4) is 11.3 Å². The predicted molar refractivity (Wildman–Crippen MR) is 122 cm³/mol. The Kier molecular flexibility index (Phi) is 4.55. The lowest BCUT2D eigenvalue weighted by molar-refractivity contribution is -0.103. The first-order valence-corrected chi connectivity index (χ1v) is 10.9. The number of imidazole rings is 1. The Morgan fingerprint density at radius 3 is 2.56 bits per heavy atom. The number of halogens is 2. The summed E-state index contributed by atoms with van der Waals surface area (Å²) in [6, 6.07) is 8.87. The maximum absolute atomic E-state index is 15.0. The Morgan fingerprint density at radius 1 is 1.12 bits per heavy atom. The van der Waals surface area contributed by atoms with Crippen molar-refractivity contribution in [2.45, 2.75) is 24.4 Å². The number of fused-ring (bicyclic) bond motifs is 3. The highest BCUT2D eigenvalue weighted by Crippen LogP contribution is 2.49. The zero-order valence-electron chi connectivity index (χ0n) is 18.1. The molecule has 1 aromatic carbocycles. The van der Waals surface area contributed by atoms with Crippen molar-refractivity contribution >= 4 is 16.9 Å². The van der Waals surface area contributed by atoms with Crippen molar-refractivity contribution in [1.82, 2.24) is 19.4 Å². The molecule has 0 saturated heterocycles. The number of hydrogen-bond acceptors (Lipinski definition) is 6. The number of anilines is 1. The van der Waals surface area contributed by atoms with Crippen molar-refractivity contribution in [1.29, 1.82) is 0 Å². The van der Waals surface area contributed by atoms with Gasteiger partial charge in [-0.1, -0.05) is 29.8 Å². The van der Waals surface area contributed by atoms with Gasteiger partial charge in [-0.2, -0.15) is 8.78 Å². The molecule has 7 rings (SSSR count). The van der Waals surface area contributed by atoms with E-state index >= 15 is 0 Å². The summed E-state index contributed by atoms with van der Waals surface area (Å²) in [5.74, 6) is -2.20. The van der Waals surface area contributed by atoms with Crippen molar-refractivity contribution in [2.75, 3.05) is 18.9 Å². The first-order valence-electron chi connectivity index (χ1n) is 10.9. The summed E-state index contributed by atoms with van der Waals surface area (Å²) in [7, 11) is 0. The highest BCUT2D eigenvalue weighted by molar-refractivity contribution is 5.88. The van der Waals surface area contributed by atoms with Crippen LogP contribution in [0.5, 0.6) is 0 Å². The molecule has 2 aliphatic heterocycles. The van der Waals surface area contributed by atoms with E-state index in [9.17, 15) is 13.9 Å². The summed E-state index contributed by atoms with van der Waals surface area (Å²) in [5.41, 5.74) is 9.41. The van der Waals surface area contributed by atoms with Gasteiger partial charge in [-0.15, -0.1) is 0 Å². The van der Waals surface area contributed by atoms with Gasteiger partial charge in [0.15, 0.2) is 0 Å². The van der Waals surface area contributed by atoms with E-state index in [-0.39, 0.29) is 17.7 Å². The molecule has 5 heterocycles. The number of hydrogen-bond donors (Lipinski definition) is 2. The number of aliphatic hydroxyl groups excluding tert-OH is 1. The van der Waals surface area contributed by atoms with E-state index < -0.39 is 11.5 Å². The third-order valence-electron chi connectivity index (χ3n) is 6.71. The molecule has 172 valence electrons. The van der Waals surface area contributed by atoms with E-state index in [1.807, 2.05) is 4.40 Å². The van der Waals surface area contributed by atoms with Crippen LogP contribution in [-0.4, -0.2) is 43.3 Å². The van der Waals surface area contributed by atoms with E-state index in [2.05, 4.69) is 9.97 Å². The molecular formula is C25H21F2N5O2. The normalized spacial score (nSPS) is 17.1. The van der Waals surface area contributed by atoms with Gasteiger partial charge in [0.25, 0.3) is 5.92 Å². The maximum atomic E-state index is 15.0. The first-order chi connectivity index (χ1) is 16.4. The number of aliphatic hydroxyl groups is 1. The second kappa shape index (κ2) is 7.41. The minimum absolute atomic E-state index is 0.00967. The van der Waals surface area contributed by atoms with Gasteiger partial charge in [0, 0.05) is 59.9 Å². The number of nitrogens with zero attached hydrogens (tertiary/aromatic N) is 4. The van der Waals surface area contributed by atoms with Crippen LogP contribution >= 0.6 is 0 Å². The molecule has 3 aliphatic rings. The predicted octanol–water partition coefficient (Wildman–Crippen LogP) is 3.82. The van der Waals surface area contributed by atoms with Crippen molar-refractivity contribution in [2.24, 2.45) is 0 Å². The van der Waals surface area contributed by atoms with Gasteiger partial charge in [-0.3, -0.25) is 9.38 Å². The molecule has 3 aromatic heterocycles. The molecule has 0 spiro atoms. The number of nitrogen functional groups attached to an aromatic ring is 1. The molecule has 0 amide bonds. The molecule has 0 radical (unpaired) electrons. The van der Waals surface area contributed by atoms with Crippen LogP contribution in [0.15, 0.2) is 66.8 Å². The number of alkyl halides is 2. The number of benzene rings is 1. The molecule has 1 aliphatic carbocycles. The molecule has 0 unspecified atom stereocenters. The van der Waals surface area contributed by atoms with Crippen LogP contribution in [0.4, 0.5) is 14.6 Å². The van der Waals surface area contributed by atoms with Crippen LogP contribution in [0.2, 0.25) is 0 Å². The molecule has 1 saturated carbocycles. The van der Waals surface area contributed by atoms with Crippen molar-refractivity contribution in [3.05, 3.63) is 83.7 Å². The zero-order chi connectivity index (χ0) is 23.5. The highest BCUT2D eigenvalue weighted by atomic mass is 19.3. The minimum Gasteiger partial charge on any atom is -0.393 e. The lowest BCUT2D eigenvalue weighted by atomic mass is 9.71. The third-order valence-corrected chi connectivity index (χ3v) is 6.71. The summed E-state index contributed by atoms with van der Waals surface area (Å²) in [6.45, 7) is 0.331. The van der Waals surface area contributed by atoms with Gasteiger partial charge < -0.3 is 15.6 Å². The molecule has 2 bridgehead atoms. The molecule has 9 heteroatoms. The second-order valence-corrected chi connectivity index (χ2v) is 8.77. The molecular weight excluding hydrogens is 440 g/mol.